The first-order valence-corrected chi connectivity index (χ1v) is 8.29. The first kappa shape index (κ1) is 15.1. The maximum Gasteiger partial charge on any atom is 0.256 e. The molecule has 1 aliphatic rings. The molecule has 2 aromatic rings. The smallest absolute Gasteiger partial charge is 0.256 e. The number of carbonyl (C=O) groups excluding carboxylic acids is 1. The van der Waals surface area contributed by atoms with E-state index in [1.54, 1.807) is 36.6 Å². The van der Waals surface area contributed by atoms with Crippen molar-refractivity contribution in [3.05, 3.63) is 45.1 Å². The number of carbonyl (C=O) groups is 1. The van der Waals surface area contributed by atoms with Crippen LogP contribution >= 0.6 is 11.3 Å². The van der Waals surface area contributed by atoms with Crippen molar-refractivity contribution in [2.45, 2.75) is 32.3 Å². The first-order valence-electron chi connectivity index (χ1n) is 7.41. The number of aliphatic hydroxyl groups is 1. The topological polar surface area (TPSA) is 58.6 Å². The van der Waals surface area contributed by atoms with E-state index in [1.807, 2.05) is 5.38 Å². The molecule has 0 fully saturated rings. The molecular formula is C17H19NO3S. The second-order valence-corrected chi connectivity index (χ2v) is 6.36. The van der Waals surface area contributed by atoms with Crippen LogP contribution in [0.15, 0.2) is 23.6 Å². The van der Waals surface area contributed by atoms with E-state index in [1.165, 1.54) is 16.9 Å². The molecule has 116 valence electrons. The Morgan fingerprint density at radius 2 is 2.18 bits per heavy atom. The van der Waals surface area contributed by atoms with E-state index in [0.717, 1.165) is 24.8 Å². The van der Waals surface area contributed by atoms with Crippen LogP contribution in [0, 0.1) is 0 Å². The number of nitrogens with one attached hydrogen (secondary N) is 1. The maximum atomic E-state index is 12.5. The molecule has 0 atom stereocenters. The van der Waals surface area contributed by atoms with Gasteiger partial charge in [0.05, 0.1) is 19.3 Å². The van der Waals surface area contributed by atoms with Gasteiger partial charge in [0.2, 0.25) is 0 Å². The van der Waals surface area contributed by atoms with E-state index in [4.69, 9.17) is 4.74 Å². The lowest BCUT2D eigenvalue weighted by Gasteiger charge is -2.13. The van der Waals surface area contributed by atoms with Gasteiger partial charge >= 0.3 is 0 Å². The monoisotopic (exact) mass is 317 g/mol. The second-order valence-electron chi connectivity index (χ2n) is 5.40. The van der Waals surface area contributed by atoms with Crippen molar-refractivity contribution in [1.29, 1.82) is 0 Å². The van der Waals surface area contributed by atoms with E-state index in [0.29, 0.717) is 17.0 Å². The Morgan fingerprint density at radius 3 is 2.95 bits per heavy atom. The largest absolute Gasteiger partial charge is 0.496 e. The number of anilines is 1. The molecule has 0 bridgehead atoms. The van der Waals surface area contributed by atoms with Crippen LogP contribution < -0.4 is 10.1 Å². The lowest BCUT2D eigenvalue weighted by Crippen LogP contribution is -2.14. The van der Waals surface area contributed by atoms with Gasteiger partial charge in [0.25, 0.3) is 5.91 Å². The molecule has 0 saturated heterocycles. The summed E-state index contributed by atoms with van der Waals surface area (Å²) in [5, 5.41) is 14.2. The van der Waals surface area contributed by atoms with Crippen LogP contribution in [-0.4, -0.2) is 18.1 Å². The van der Waals surface area contributed by atoms with Gasteiger partial charge in [-0.3, -0.25) is 4.79 Å². The number of aryl methyl sites for hydroxylation is 1. The summed E-state index contributed by atoms with van der Waals surface area (Å²) < 4.78 is 5.17. The fraction of sp³-hybridized carbons (Fsp3) is 0.353. The summed E-state index contributed by atoms with van der Waals surface area (Å²) in [5.41, 5.74) is 3.34. The average Bonchev–Trinajstić information content (AvgIpc) is 2.98. The molecule has 2 N–H and O–H groups in total. The van der Waals surface area contributed by atoms with Gasteiger partial charge in [-0.1, -0.05) is 0 Å². The minimum atomic E-state index is -0.124. The molecule has 5 heteroatoms. The zero-order chi connectivity index (χ0) is 15.5. The molecule has 0 aliphatic heterocycles. The van der Waals surface area contributed by atoms with Crippen LogP contribution in [0.1, 0.15) is 39.2 Å². The molecule has 3 rings (SSSR count). The van der Waals surface area contributed by atoms with Crippen LogP contribution in [0.4, 0.5) is 5.69 Å². The summed E-state index contributed by atoms with van der Waals surface area (Å²) in [7, 11) is 1.56. The molecule has 1 aromatic heterocycles. The van der Waals surface area contributed by atoms with Gasteiger partial charge in [0.1, 0.15) is 5.75 Å². The zero-order valence-corrected chi connectivity index (χ0v) is 13.3. The molecule has 1 heterocycles. The quantitative estimate of drug-likeness (QED) is 0.909. The van der Waals surface area contributed by atoms with Crippen molar-refractivity contribution in [3.63, 3.8) is 0 Å². The van der Waals surface area contributed by atoms with E-state index in [-0.39, 0.29) is 12.5 Å². The van der Waals surface area contributed by atoms with Gasteiger partial charge in [-0.15, -0.1) is 11.3 Å². The molecule has 0 unspecified atom stereocenters. The lowest BCUT2D eigenvalue weighted by atomic mass is 9.95. The van der Waals surface area contributed by atoms with Crippen molar-refractivity contribution < 1.29 is 14.6 Å². The maximum absolute atomic E-state index is 12.5. The third-order valence-corrected chi connectivity index (χ3v) is 5.10. The van der Waals surface area contributed by atoms with E-state index < -0.39 is 0 Å². The first-order chi connectivity index (χ1) is 10.7. The Kier molecular flexibility index (Phi) is 4.45. The van der Waals surface area contributed by atoms with Crippen LogP contribution in [0.5, 0.6) is 5.75 Å². The summed E-state index contributed by atoms with van der Waals surface area (Å²) >= 11 is 1.68. The Morgan fingerprint density at radius 1 is 1.36 bits per heavy atom. The summed E-state index contributed by atoms with van der Waals surface area (Å²) in [5.74, 6) is 0.543. The van der Waals surface area contributed by atoms with Gasteiger partial charge in [0, 0.05) is 21.5 Å². The van der Waals surface area contributed by atoms with Gasteiger partial charge in [0.15, 0.2) is 0 Å². The summed E-state index contributed by atoms with van der Waals surface area (Å²) in [6.45, 7) is -0.124. The number of hydrogen-bond acceptors (Lipinski definition) is 4. The van der Waals surface area contributed by atoms with Gasteiger partial charge in [-0.05, 0) is 49.4 Å². The standard InChI is InChI=1S/C17H19NO3S/c1-21-15-7-6-12(8-11(15)9-19)18-17(20)14-10-22-16-5-3-2-4-13(14)16/h6-8,10,19H,2-5,9H2,1H3,(H,18,20). The van der Waals surface area contributed by atoms with Crippen LogP contribution in [-0.2, 0) is 19.4 Å². The molecule has 0 radical (unpaired) electrons. The molecule has 0 saturated carbocycles. The SMILES string of the molecule is COc1ccc(NC(=O)c2csc3c2CCCC3)cc1CO. The second kappa shape index (κ2) is 6.50. The van der Waals surface area contributed by atoms with Crippen LogP contribution in [0.25, 0.3) is 0 Å². The van der Waals surface area contributed by atoms with E-state index in [9.17, 15) is 9.90 Å². The number of ether oxygens (including phenoxy) is 1. The predicted octanol–water partition coefficient (Wildman–Crippen LogP) is 3.38. The fourth-order valence-electron chi connectivity index (χ4n) is 2.86. The molecule has 4 nitrogen and oxygen atoms in total. The minimum absolute atomic E-state index is 0.0755. The van der Waals surface area contributed by atoms with E-state index >= 15 is 0 Å². The Hall–Kier alpha value is -1.85. The van der Waals surface area contributed by atoms with Gasteiger partial charge < -0.3 is 15.2 Å². The number of amides is 1. The zero-order valence-electron chi connectivity index (χ0n) is 12.5. The van der Waals surface area contributed by atoms with Crippen molar-refractivity contribution in [3.8, 4) is 5.75 Å². The highest BCUT2D eigenvalue weighted by Crippen LogP contribution is 2.31. The fourth-order valence-corrected chi connectivity index (χ4v) is 3.99. The number of thiophene rings is 1. The number of fused-ring (bicyclic) bond motifs is 1. The van der Waals surface area contributed by atoms with Crippen LogP contribution in [0.3, 0.4) is 0 Å². The van der Waals surface area contributed by atoms with E-state index in [2.05, 4.69) is 5.32 Å². The van der Waals surface area contributed by atoms with Crippen LogP contribution in [0.2, 0.25) is 0 Å². The predicted molar refractivity (Wildman–Crippen MR) is 87.8 cm³/mol. The van der Waals surface area contributed by atoms with Crippen molar-refractivity contribution in [2.75, 3.05) is 12.4 Å². The highest BCUT2D eigenvalue weighted by atomic mass is 32.1. The molecule has 1 aromatic carbocycles. The average molecular weight is 317 g/mol. The Labute approximate surface area is 133 Å². The lowest BCUT2D eigenvalue weighted by molar-refractivity contribution is 0.102. The highest BCUT2D eigenvalue weighted by molar-refractivity contribution is 7.10. The number of hydrogen-bond donors (Lipinski definition) is 2. The number of benzene rings is 1. The molecule has 1 amide bonds. The molecule has 22 heavy (non-hydrogen) atoms. The van der Waals surface area contributed by atoms with Crippen molar-refractivity contribution >= 4 is 22.9 Å². The summed E-state index contributed by atoms with van der Waals surface area (Å²) in [6.07, 6.45) is 4.45. The highest BCUT2D eigenvalue weighted by Gasteiger charge is 2.20. The normalized spacial score (nSPS) is 13.5. The molecule has 0 spiro atoms. The van der Waals surface area contributed by atoms with Gasteiger partial charge in [-0.2, -0.15) is 0 Å². The summed E-state index contributed by atoms with van der Waals surface area (Å²) in [6, 6.07) is 5.29. The molecular weight excluding hydrogens is 298 g/mol. The Bertz CT molecular complexity index is 693. The van der Waals surface area contributed by atoms with Gasteiger partial charge in [-0.25, -0.2) is 0 Å². The molecule has 1 aliphatic carbocycles. The minimum Gasteiger partial charge on any atom is -0.496 e. The third-order valence-electron chi connectivity index (χ3n) is 4.01. The van der Waals surface area contributed by atoms with Crippen molar-refractivity contribution in [2.24, 2.45) is 0 Å². The summed E-state index contributed by atoms with van der Waals surface area (Å²) in [4.78, 5) is 13.9. The van der Waals surface area contributed by atoms with Crippen molar-refractivity contribution in [1.82, 2.24) is 0 Å². The third kappa shape index (κ3) is 2.87. The number of aliphatic hydroxyl groups excluding tert-OH is 1. The Balaban J connectivity index is 1.81. The number of methoxy groups -OCH3 is 1. The number of rotatable bonds is 4.